The summed E-state index contributed by atoms with van der Waals surface area (Å²) in [6.45, 7) is 16.7. The first-order valence-electron chi connectivity index (χ1n) is 19.1. The van der Waals surface area contributed by atoms with Crippen molar-refractivity contribution in [2.24, 2.45) is 0 Å². The van der Waals surface area contributed by atoms with Gasteiger partial charge in [-0.3, -0.25) is 4.79 Å². The molecule has 55 heavy (non-hydrogen) atoms. The lowest BCUT2D eigenvalue weighted by atomic mass is 9.74. The number of anilines is 1. The van der Waals surface area contributed by atoms with Crippen LogP contribution < -0.4 is 15.0 Å². The molecule has 1 amide bonds. The molecule has 0 radical (unpaired) electrons. The Bertz CT molecular complexity index is 2300. The summed E-state index contributed by atoms with van der Waals surface area (Å²) in [5, 5.41) is 12.3. The highest BCUT2D eigenvalue weighted by molar-refractivity contribution is 7.89. The second-order valence-electron chi connectivity index (χ2n) is 15.3. The molecule has 1 N–H and O–H groups in total. The second kappa shape index (κ2) is 15.3. The van der Waals surface area contributed by atoms with Crippen molar-refractivity contribution in [3.05, 3.63) is 100 Å². The Morgan fingerprint density at radius 2 is 1.73 bits per heavy atom. The minimum absolute atomic E-state index is 0.162. The molecule has 0 saturated carbocycles. The predicted molar refractivity (Wildman–Crippen MR) is 213 cm³/mol. The Labute approximate surface area is 323 Å². The van der Waals surface area contributed by atoms with E-state index in [1.54, 1.807) is 36.7 Å². The highest BCUT2D eigenvalue weighted by Gasteiger charge is 2.38. The van der Waals surface area contributed by atoms with Crippen LogP contribution in [0.5, 0.6) is 5.75 Å². The first kappa shape index (κ1) is 38.4. The van der Waals surface area contributed by atoms with Crippen LogP contribution in [0.3, 0.4) is 0 Å². The van der Waals surface area contributed by atoms with Crippen LogP contribution in [-0.4, -0.2) is 99.9 Å². The molecular weight excluding hydrogens is 715 g/mol. The van der Waals surface area contributed by atoms with Crippen LogP contribution >= 0.6 is 0 Å². The highest BCUT2D eigenvalue weighted by atomic mass is 32.2. The number of nitrogens with one attached hydrogen (secondary N) is 1. The van der Waals surface area contributed by atoms with E-state index < -0.39 is 15.6 Å². The summed E-state index contributed by atoms with van der Waals surface area (Å²) < 4.78 is 37.9. The second-order valence-corrected chi connectivity index (χ2v) is 17.2. The van der Waals surface area contributed by atoms with E-state index in [0.717, 1.165) is 65.0 Å². The van der Waals surface area contributed by atoms with Crippen molar-refractivity contribution in [3.63, 3.8) is 0 Å². The van der Waals surface area contributed by atoms with Crippen LogP contribution in [0.2, 0.25) is 0 Å². The minimum atomic E-state index is -3.86. The molecule has 2 aliphatic rings. The van der Waals surface area contributed by atoms with E-state index >= 15 is 0 Å². The van der Waals surface area contributed by atoms with E-state index in [0.29, 0.717) is 30.2 Å². The Morgan fingerprint density at radius 1 is 1.00 bits per heavy atom. The van der Waals surface area contributed by atoms with Gasteiger partial charge in [-0.15, -0.1) is 5.10 Å². The molecule has 1 unspecified atom stereocenters. The number of para-hydroxylation sites is 1. The number of benzene rings is 3. The average molecular weight is 766 g/mol. The SMILES string of the molecule is CC[C@@H]1CN(Cc2cc(C(c3ccc4c(nnn4CC)c3C)C(C)(C)NC(=O)c3cnc(N4CCN(C)CC4)nc3)ccc2C)S(=O)(=O)c2ccccc2O1. The summed E-state index contributed by atoms with van der Waals surface area (Å²) in [5.74, 6) is 0.337. The monoisotopic (exact) mass is 765 g/mol. The third-order valence-electron chi connectivity index (χ3n) is 11.1. The van der Waals surface area contributed by atoms with Gasteiger partial charge in [-0.2, -0.15) is 4.31 Å². The zero-order chi connectivity index (χ0) is 39.1. The number of nitrogens with zero attached hydrogens (tertiary/aromatic N) is 8. The summed E-state index contributed by atoms with van der Waals surface area (Å²) in [7, 11) is -1.76. The number of carbonyl (C=O) groups is 1. The maximum Gasteiger partial charge on any atom is 0.254 e. The Morgan fingerprint density at radius 3 is 2.44 bits per heavy atom. The van der Waals surface area contributed by atoms with Crippen LogP contribution in [0.4, 0.5) is 5.95 Å². The maximum atomic E-state index is 14.1. The van der Waals surface area contributed by atoms with Crippen molar-refractivity contribution in [1.29, 1.82) is 0 Å². The van der Waals surface area contributed by atoms with E-state index in [4.69, 9.17) is 4.74 Å². The lowest BCUT2D eigenvalue weighted by Gasteiger charge is -2.37. The number of aryl methyl sites for hydroxylation is 3. The number of carbonyl (C=O) groups excluding carboxylic acids is 1. The normalized spacial score (nSPS) is 18.4. The van der Waals surface area contributed by atoms with Crippen molar-refractivity contribution < 1.29 is 17.9 Å². The van der Waals surface area contributed by atoms with E-state index in [2.05, 4.69) is 60.6 Å². The molecule has 0 spiro atoms. The van der Waals surface area contributed by atoms with E-state index in [1.165, 1.54) is 4.31 Å². The molecule has 290 valence electrons. The van der Waals surface area contributed by atoms with Crippen molar-refractivity contribution in [3.8, 4) is 5.75 Å². The van der Waals surface area contributed by atoms with Crippen molar-refractivity contribution in [2.45, 2.75) is 83.5 Å². The molecule has 7 rings (SSSR count). The standard InChI is InChI=1S/C41H51N9O4S/c1-8-32-26-49(55(52,53)36-13-11-10-12-35(36)54-32)25-30-22-29(15-14-27(30)3)37(33-16-17-34-38(28(33)4)45-46-50(34)9-2)41(5,6)44-39(51)31-23-42-40(43-24-31)48-20-18-47(7)19-21-48/h10-17,22-24,32,37H,8-9,18-21,25-26H2,1-7H3,(H,44,51)/t32-,37?/m1/s1. The number of hydrogen-bond donors (Lipinski definition) is 1. The molecule has 2 atom stereocenters. The topological polar surface area (TPSA) is 139 Å². The molecule has 13 nitrogen and oxygen atoms in total. The zero-order valence-corrected chi connectivity index (χ0v) is 33.6. The smallest absolute Gasteiger partial charge is 0.254 e. The molecule has 14 heteroatoms. The number of aromatic nitrogens is 5. The van der Waals surface area contributed by atoms with Crippen molar-refractivity contribution >= 4 is 32.9 Å². The van der Waals surface area contributed by atoms with Gasteiger partial charge in [0.25, 0.3) is 5.91 Å². The Balaban J connectivity index is 1.25. The van der Waals surface area contributed by atoms with Crippen LogP contribution in [0.25, 0.3) is 11.0 Å². The molecular formula is C41H51N9O4S. The van der Waals surface area contributed by atoms with Crippen LogP contribution in [0.1, 0.15) is 78.2 Å². The van der Waals surface area contributed by atoms with Gasteiger partial charge in [-0.1, -0.05) is 48.5 Å². The first-order chi connectivity index (χ1) is 26.3. The predicted octanol–water partition coefficient (Wildman–Crippen LogP) is 5.31. The lowest BCUT2D eigenvalue weighted by molar-refractivity contribution is 0.0905. The van der Waals surface area contributed by atoms with Crippen LogP contribution in [-0.2, 0) is 23.1 Å². The third-order valence-corrected chi connectivity index (χ3v) is 13.0. The van der Waals surface area contributed by atoms with Gasteiger partial charge in [0.15, 0.2) is 0 Å². The number of piperazine rings is 1. The minimum Gasteiger partial charge on any atom is -0.488 e. The maximum absolute atomic E-state index is 14.1. The largest absolute Gasteiger partial charge is 0.488 e. The van der Waals surface area contributed by atoms with Gasteiger partial charge in [0.2, 0.25) is 16.0 Å². The molecule has 0 aliphatic carbocycles. The van der Waals surface area contributed by atoms with Gasteiger partial charge in [-0.25, -0.2) is 23.1 Å². The molecule has 1 fully saturated rings. The summed E-state index contributed by atoms with van der Waals surface area (Å²) in [6, 6.07) is 17.2. The number of ether oxygens (including phenoxy) is 1. The fraction of sp³-hybridized carbons (Fsp3) is 0.439. The number of fused-ring (bicyclic) bond motifs is 2. The number of rotatable bonds is 10. The molecule has 1 saturated heterocycles. The molecule has 5 aromatic rings. The number of amides is 1. The third kappa shape index (κ3) is 7.54. The van der Waals surface area contributed by atoms with Gasteiger partial charge in [0.1, 0.15) is 22.3 Å². The zero-order valence-electron chi connectivity index (χ0n) is 32.8. The number of sulfonamides is 1. The summed E-state index contributed by atoms with van der Waals surface area (Å²) in [5.41, 5.74) is 5.94. The fourth-order valence-electron chi connectivity index (χ4n) is 7.79. The van der Waals surface area contributed by atoms with Gasteiger partial charge in [-0.05, 0) is 94.1 Å². The van der Waals surface area contributed by atoms with E-state index in [-0.39, 0.29) is 35.9 Å². The Hall–Kier alpha value is -4.92. The molecule has 4 heterocycles. The van der Waals surface area contributed by atoms with Crippen molar-refractivity contribution in [1.82, 2.24) is 39.5 Å². The van der Waals surface area contributed by atoms with Gasteiger partial charge in [0.05, 0.1) is 17.6 Å². The van der Waals surface area contributed by atoms with Crippen LogP contribution in [0.15, 0.2) is 71.9 Å². The quantitative estimate of drug-likeness (QED) is 0.199. The van der Waals surface area contributed by atoms with Crippen LogP contribution in [0, 0.1) is 13.8 Å². The molecule has 2 aromatic heterocycles. The molecule has 2 aliphatic heterocycles. The first-order valence-corrected chi connectivity index (χ1v) is 20.5. The summed E-state index contributed by atoms with van der Waals surface area (Å²) in [6.07, 6.45) is 3.55. The van der Waals surface area contributed by atoms with Gasteiger partial charge < -0.3 is 19.9 Å². The lowest BCUT2D eigenvalue weighted by Crippen LogP contribution is -2.48. The highest BCUT2D eigenvalue weighted by Crippen LogP contribution is 2.40. The fourth-order valence-corrected chi connectivity index (χ4v) is 9.37. The van der Waals surface area contributed by atoms with E-state index in [1.807, 2.05) is 58.4 Å². The number of hydrogen-bond acceptors (Lipinski definition) is 10. The Kier molecular flexibility index (Phi) is 10.7. The average Bonchev–Trinajstić information content (AvgIpc) is 3.56. The van der Waals surface area contributed by atoms with Gasteiger partial charge >= 0.3 is 0 Å². The summed E-state index contributed by atoms with van der Waals surface area (Å²) >= 11 is 0. The molecule has 0 bridgehead atoms. The van der Waals surface area contributed by atoms with Crippen molar-refractivity contribution in [2.75, 3.05) is 44.7 Å². The van der Waals surface area contributed by atoms with Gasteiger partial charge in [0, 0.05) is 63.1 Å². The number of likely N-dealkylation sites (N-methyl/N-ethyl adjacent to an activating group) is 1. The molecule has 3 aromatic carbocycles. The summed E-state index contributed by atoms with van der Waals surface area (Å²) in [4.78, 5) is 27.7. The van der Waals surface area contributed by atoms with E-state index in [9.17, 15) is 13.2 Å².